The van der Waals surface area contributed by atoms with Gasteiger partial charge in [0, 0.05) is 0 Å². The Morgan fingerprint density at radius 1 is 1.10 bits per heavy atom. The highest BCUT2D eigenvalue weighted by Crippen LogP contribution is 2.20. The molecule has 0 unspecified atom stereocenters. The molecular weight excluding hydrogens is 376 g/mol. The lowest BCUT2D eigenvalue weighted by Crippen LogP contribution is -2.38. The first-order chi connectivity index (χ1) is 13.9. The summed E-state index contributed by atoms with van der Waals surface area (Å²) in [7, 11) is 1.16. The van der Waals surface area contributed by atoms with Crippen molar-refractivity contribution in [2.24, 2.45) is 0 Å². The van der Waals surface area contributed by atoms with Gasteiger partial charge in [-0.15, -0.1) is 0 Å². The molecule has 0 N–H and O–H groups in total. The standard InChI is InChI=1S/C21H20N2O6/c1-4-28-15-9-10-16-18(11-15)23(26)19(21(25)27-3)17(22-16)12-29-20(24)14-7-5-13(2)6-8-14/h5-11H,4,12H2,1-3H3. The molecule has 0 radical (unpaired) electrons. The van der Waals surface area contributed by atoms with E-state index in [-0.39, 0.29) is 23.5 Å². The van der Waals surface area contributed by atoms with Gasteiger partial charge in [-0.05, 0) is 38.1 Å². The van der Waals surface area contributed by atoms with Gasteiger partial charge in [-0.3, -0.25) is 0 Å². The maximum atomic E-state index is 12.8. The topological polar surface area (TPSA) is 102 Å². The average Bonchev–Trinajstić information content (AvgIpc) is 2.72. The van der Waals surface area contributed by atoms with Gasteiger partial charge >= 0.3 is 17.6 Å². The lowest BCUT2D eigenvalue weighted by atomic mass is 10.1. The Kier molecular flexibility index (Phi) is 5.92. The van der Waals surface area contributed by atoms with E-state index in [1.165, 1.54) is 6.07 Å². The number of fused-ring (bicyclic) bond motifs is 1. The van der Waals surface area contributed by atoms with E-state index in [4.69, 9.17) is 14.2 Å². The molecule has 0 saturated heterocycles. The quantitative estimate of drug-likeness (QED) is 0.359. The summed E-state index contributed by atoms with van der Waals surface area (Å²) in [6.07, 6.45) is 0. The summed E-state index contributed by atoms with van der Waals surface area (Å²) >= 11 is 0. The number of rotatable bonds is 6. The maximum absolute atomic E-state index is 12.8. The number of ether oxygens (including phenoxy) is 3. The van der Waals surface area contributed by atoms with Gasteiger partial charge in [0.05, 0.1) is 25.3 Å². The molecule has 2 aromatic carbocycles. The summed E-state index contributed by atoms with van der Waals surface area (Å²) in [6, 6.07) is 11.6. The molecule has 3 aromatic rings. The van der Waals surface area contributed by atoms with Gasteiger partial charge in [0.2, 0.25) is 5.52 Å². The Bertz CT molecular complexity index is 1060. The van der Waals surface area contributed by atoms with Gasteiger partial charge in [0.1, 0.15) is 17.9 Å². The van der Waals surface area contributed by atoms with Crippen LogP contribution in [0.5, 0.6) is 5.75 Å². The Balaban J connectivity index is 1.97. The van der Waals surface area contributed by atoms with Crippen LogP contribution >= 0.6 is 0 Å². The molecule has 8 heteroatoms. The van der Waals surface area contributed by atoms with Gasteiger partial charge in [-0.25, -0.2) is 14.6 Å². The van der Waals surface area contributed by atoms with Gasteiger partial charge in [0.25, 0.3) is 0 Å². The highest BCUT2D eigenvalue weighted by molar-refractivity contribution is 5.90. The van der Waals surface area contributed by atoms with E-state index in [1.807, 2.05) is 13.8 Å². The maximum Gasteiger partial charge on any atom is 0.406 e. The molecule has 1 aromatic heterocycles. The van der Waals surface area contributed by atoms with Crippen molar-refractivity contribution in [3.63, 3.8) is 0 Å². The van der Waals surface area contributed by atoms with E-state index in [1.54, 1.807) is 36.4 Å². The van der Waals surface area contributed by atoms with E-state index < -0.39 is 11.9 Å². The molecule has 0 amide bonds. The number of methoxy groups -OCH3 is 1. The minimum atomic E-state index is -0.877. The molecular formula is C21H20N2O6. The summed E-state index contributed by atoms with van der Waals surface area (Å²) < 4.78 is 15.8. The Labute approximate surface area is 167 Å². The second-order valence-electron chi connectivity index (χ2n) is 6.22. The Hall–Kier alpha value is -3.68. The molecule has 0 bridgehead atoms. The molecule has 0 aliphatic heterocycles. The number of nitrogens with zero attached hydrogens (tertiary/aromatic N) is 2. The predicted octanol–water partition coefficient (Wildman–Crippen LogP) is 2.72. The van der Waals surface area contributed by atoms with Gasteiger partial charge in [-0.1, -0.05) is 17.7 Å². The summed E-state index contributed by atoms with van der Waals surface area (Å²) in [4.78, 5) is 28.8. The van der Waals surface area contributed by atoms with Crippen molar-refractivity contribution < 1.29 is 28.5 Å². The van der Waals surface area contributed by atoms with Gasteiger partial charge in [-0.2, -0.15) is 4.73 Å². The zero-order valence-corrected chi connectivity index (χ0v) is 16.3. The van der Waals surface area contributed by atoms with Crippen LogP contribution < -0.4 is 9.47 Å². The predicted molar refractivity (Wildman–Crippen MR) is 104 cm³/mol. The Morgan fingerprint density at radius 2 is 1.83 bits per heavy atom. The van der Waals surface area contributed by atoms with Crippen molar-refractivity contribution in [1.29, 1.82) is 0 Å². The van der Waals surface area contributed by atoms with Crippen molar-refractivity contribution in [2.45, 2.75) is 20.5 Å². The molecule has 29 heavy (non-hydrogen) atoms. The van der Waals surface area contributed by atoms with Crippen LogP contribution in [-0.4, -0.2) is 30.6 Å². The smallest absolute Gasteiger partial charge is 0.406 e. The normalized spacial score (nSPS) is 10.6. The number of aryl methyl sites for hydroxylation is 1. The molecule has 0 fully saturated rings. The van der Waals surface area contributed by atoms with Crippen molar-refractivity contribution >= 4 is 23.0 Å². The monoisotopic (exact) mass is 396 g/mol. The van der Waals surface area contributed by atoms with E-state index >= 15 is 0 Å². The third kappa shape index (κ3) is 4.26. The van der Waals surface area contributed by atoms with Crippen LogP contribution in [0.1, 0.15) is 39.0 Å². The fraction of sp³-hybridized carbons (Fsp3) is 0.238. The number of hydrogen-bond acceptors (Lipinski definition) is 7. The molecule has 8 nitrogen and oxygen atoms in total. The first kappa shape index (κ1) is 20.1. The second-order valence-corrected chi connectivity index (χ2v) is 6.22. The first-order valence-electron chi connectivity index (χ1n) is 8.95. The molecule has 0 aliphatic carbocycles. The summed E-state index contributed by atoms with van der Waals surface area (Å²) in [6.45, 7) is 3.79. The van der Waals surface area contributed by atoms with Gasteiger partial charge < -0.3 is 19.4 Å². The molecule has 150 valence electrons. The van der Waals surface area contributed by atoms with Crippen LogP contribution in [0.3, 0.4) is 0 Å². The van der Waals surface area contributed by atoms with Crippen molar-refractivity contribution in [2.75, 3.05) is 13.7 Å². The summed E-state index contributed by atoms with van der Waals surface area (Å²) in [5.41, 5.74) is 1.49. The summed E-state index contributed by atoms with van der Waals surface area (Å²) in [5, 5.41) is 12.8. The number of carbonyl (C=O) groups is 2. The van der Waals surface area contributed by atoms with E-state index in [9.17, 15) is 14.8 Å². The lowest BCUT2D eigenvalue weighted by molar-refractivity contribution is -0.581. The Morgan fingerprint density at radius 3 is 2.48 bits per heavy atom. The minimum Gasteiger partial charge on any atom is -0.618 e. The largest absolute Gasteiger partial charge is 0.618 e. The second kappa shape index (κ2) is 8.55. The molecule has 0 spiro atoms. The number of carbonyl (C=O) groups excluding carboxylic acids is 2. The van der Waals surface area contributed by atoms with E-state index in [0.717, 1.165) is 12.7 Å². The molecule has 0 aliphatic rings. The van der Waals surface area contributed by atoms with Crippen molar-refractivity contribution in [3.8, 4) is 5.75 Å². The highest BCUT2D eigenvalue weighted by Gasteiger charge is 2.28. The zero-order chi connectivity index (χ0) is 21.0. The fourth-order valence-corrected chi connectivity index (χ4v) is 2.76. The molecule has 0 saturated carbocycles. The van der Waals surface area contributed by atoms with Crippen LogP contribution in [0.2, 0.25) is 0 Å². The van der Waals surface area contributed by atoms with Crippen molar-refractivity contribution in [1.82, 2.24) is 4.98 Å². The molecule has 3 rings (SSSR count). The number of benzene rings is 2. The zero-order valence-electron chi connectivity index (χ0n) is 16.3. The third-order valence-electron chi connectivity index (χ3n) is 4.21. The van der Waals surface area contributed by atoms with Crippen LogP contribution in [0.25, 0.3) is 11.0 Å². The SMILES string of the molecule is CCOc1ccc2nc(COC(=O)c3ccc(C)cc3)c(C(=O)OC)[n+]([O-])c2c1. The molecule has 1 heterocycles. The molecule has 0 atom stereocenters. The first-order valence-corrected chi connectivity index (χ1v) is 8.95. The number of aromatic nitrogens is 2. The fourth-order valence-electron chi connectivity index (χ4n) is 2.76. The van der Waals surface area contributed by atoms with Crippen LogP contribution in [0, 0.1) is 12.1 Å². The van der Waals surface area contributed by atoms with Gasteiger partial charge in [0.15, 0.2) is 5.69 Å². The number of esters is 2. The lowest BCUT2D eigenvalue weighted by Gasteiger charge is -2.12. The van der Waals surface area contributed by atoms with Crippen LogP contribution in [0.4, 0.5) is 0 Å². The average molecular weight is 396 g/mol. The van der Waals surface area contributed by atoms with E-state index in [2.05, 4.69) is 4.98 Å². The van der Waals surface area contributed by atoms with Crippen molar-refractivity contribution in [3.05, 3.63) is 70.2 Å². The highest BCUT2D eigenvalue weighted by atomic mass is 16.5. The minimum absolute atomic E-state index is 0.00368. The van der Waals surface area contributed by atoms with Crippen LogP contribution in [0.15, 0.2) is 42.5 Å². The van der Waals surface area contributed by atoms with Crippen LogP contribution in [-0.2, 0) is 16.1 Å². The summed E-state index contributed by atoms with van der Waals surface area (Å²) in [5.74, 6) is -0.995. The number of hydrogen-bond donors (Lipinski definition) is 0. The van der Waals surface area contributed by atoms with E-state index in [0.29, 0.717) is 28.2 Å². The third-order valence-corrected chi connectivity index (χ3v) is 4.21.